The van der Waals surface area contributed by atoms with Gasteiger partial charge in [-0.15, -0.1) is 11.3 Å². The van der Waals surface area contributed by atoms with Gasteiger partial charge >= 0.3 is 0 Å². The number of fused-ring (bicyclic) bond motifs is 1. The molecule has 0 aliphatic heterocycles. The first-order valence-electron chi connectivity index (χ1n) is 10.7. The van der Waals surface area contributed by atoms with E-state index in [2.05, 4.69) is 15.6 Å². The highest BCUT2D eigenvalue weighted by Crippen LogP contribution is 2.33. The summed E-state index contributed by atoms with van der Waals surface area (Å²) in [4.78, 5) is 29.3. The van der Waals surface area contributed by atoms with Gasteiger partial charge in [0.1, 0.15) is 18.2 Å². The minimum absolute atomic E-state index is 0.173. The Morgan fingerprint density at radius 3 is 2.71 bits per heavy atom. The van der Waals surface area contributed by atoms with Crippen molar-refractivity contribution < 1.29 is 14.3 Å². The Labute approximate surface area is 205 Å². The van der Waals surface area contributed by atoms with Crippen LogP contribution in [0.1, 0.15) is 39.6 Å². The van der Waals surface area contributed by atoms with Gasteiger partial charge < -0.3 is 21.1 Å². The molecule has 0 aliphatic rings. The van der Waals surface area contributed by atoms with E-state index in [0.29, 0.717) is 45.3 Å². The minimum Gasteiger partial charge on any atom is -0.489 e. The maximum Gasteiger partial charge on any atom is 0.255 e. The molecule has 9 heteroatoms. The van der Waals surface area contributed by atoms with E-state index in [1.165, 1.54) is 17.5 Å². The number of amides is 2. The van der Waals surface area contributed by atoms with Crippen molar-refractivity contribution in [2.45, 2.75) is 20.0 Å². The highest BCUT2D eigenvalue weighted by atomic mass is 35.5. The maximum atomic E-state index is 12.6. The van der Waals surface area contributed by atoms with Crippen molar-refractivity contribution in [1.29, 1.82) is 0 Å². The number of carbonyl (C=O) groups is 2. The molecule has 0 aliphatic carbocycles. The molecule has 174 valence electrons. The van der Waals surface area contributed by atoms with E-state index in [9.17, 15) is 9.59 Å². The first kappa shape index (κ1) is 23.5. The molecule has 0 fully saturated rings. The van der Waals surface area contributed by atoms with E-state index in [1.54, 1.807) is 48.5 Å². The zero-order valence-electron chi connectivity index (χ0n) is 18.4. The molecular weight excluding hydrogens is 472 g/mol. The lowest BCUT2D eigenvalue weighted by molar-refractivity contribution is 0.0954. The molecule has 4 rings (SSSR count). The highest BCUT2D eigenvalue weighted by Gasteiger charge is 2.17. The van der Waals surface area contributed by atoms with Crippen LogP contribution in [0.25, 0.3) is 10.1 Å². The predicted molar refractivity (Wildman–Crippen MR) is 137 cm³/mol. The fourth-order valence-corrected chi connectivity index (χ4v) is 4.55. The molecule has 0 atom stereocenters. The second-order valence-electron chi connectivity index (χ2n) is 7.56. The number of ether oxygens (including phenoxy) is 1. The fraction of sp³-hybridized carbons (Fsp3) is 0.160. The van der Waals surface area contributed by atoms with Gasteiger partial charge in [-0.2, -0.15) is 0 Å². The van der Waals surface area contributed by atoms with E-state index in [-0.39, 0.29) is 18.4 Å². The topological polar surface area (TPSA) is 106 Å². The molecule has 0 bridgehead atoms. The molecule has 0 spiro atoms. The van der Waals surface area contributed by atoms with E-state index >= 15 is 0 Å². The lowest BCUT2D eigenvalue weighted by Gasteiger charge is -2.10. The van der Waals surface area contributed by atoms with Crippen molar-refractivity contribution in [3.05, 3.63) is 81.8 Å². The monoisotopic (exact) mass is 494 g/mol. The number of benzene rings is 2. The largest absolute Gasteiger partial charge is 0.489 e. The van der Waals surface area contributed by atoms with E-state index in [1.807, 2.05) is 12.3 Å². The number of carbonyl (C=O) groups excluding carboxylic acids is 2. The highest BCUT2D eigenvalue weighted by molar-refractivity contribution is 7.17. The molecular formula is C25H23ClN4O3S. The predicted octanol–water partition coefficient (Wildman–Crippen LogP) is 5.50. The van der Waals surface area contributed by atoms with Gasteiger partial charge in [0.05, 0.1) is 10.3 Å². The summed E-state index contributed by atoms with van der Waals surface area (Å²) in [6, 6.07) is 13.8. The number of rotatable bonds is 8. The maximum absolute atomic E-state index is 12.6. The number of hydrogen-bond acceptors (Lipinski definition) is 6. The lowest BCUT2D eigenvalue weighted by Crippen LogP contribution is -2.24. The Bertz CT molecular complexity index is 1340. The molecule has 2 aromatic carbocycles. The third-order valence-corrected chi connectivity index (χ3v) is 6.39. The number of nitrogens with two attached hydrogens (primary N) is 1. The van der Waals surface area contributed by atoms with E-state index in [0.717, 1.165) is 16.7 Å². The average molecular weight is 495 g/mol. The number of nitrogen functional groups attached to an aromatic ring is 1. The minimum atomic E-state index is -0.259. The van der Waals surface area contributed by atoms with E-state index in [4.69, 9.17) is 22.1 Å². The summed E-state index contributed by atoms with van der Waals surface area (Å²) in [7, 11) is 0. The lowest BCUT2D eigenvalue weighted by atomic mass is 10.1. The van der Waals surface area contributed by atoms with Crippen LogP contribution in [0.15, 0.2) is 60.1 Å². The van der Waals surface area contributed by atoms with Gasteiger partial charge in [-0.05, 0) is 54.3 Å². The van der Waals surface area contributed by atoms with Crippen molar-refractivity contribution in [3.8, 4) is 5.75 Å². The molecule has 0 radical (unpaired) electrons. The average Bonchev–Trinajstić information content (AvgIpc) is 3.28. The van der Waals surface area contributed by atoms with Crippen LogP contribution < -0.4 is 21.1 Å². The summed E-state index contributed by atoms with van der Waals surface area (Å²) >= 11 is 7.32. The van der Waals surface area contributed by atoms with Crippen LogP contribution in [0, 0.1) is 0 Å². The molecule has 4 N–H and O–H groups in total. The smallest absolute Gasteiger partial charge is 0.255 e. The number of anilines is 2. The zero-order valence-corrected chi connectivity index (χ0v) is 20.0. The van der Waals surface area contributed by atoms with Crippen LogP contribution >= 0.6 is 22.9 Å². The first-order valence-corrected chi connectivity index (χ1v) is 11.9. The van der Waals surface area contributed by atoms with Gasteiger partial charge in [-0.25, -0.2) is 4.98 Å². The van der Waals surface area contributed by atoms with Crippen molar-refractivity contribution in [1.82, 2.24) is 10.3 Å². The number of halogens is 1. The Hall–Kier alpha value is -3.62. The Kier molecular flexibility index (Phi) is 7.30. The molecule has 34 heavy (non-hydrogen) atoms. The summed E-state index contributed by atoms with van der Waals surface area (Å²) in [5.41, 5.74) is 8.56. The molecule has 0 saturated heterocycles. The van der Waals surface area contributed by atoms with Crippen molar-refractivity contribution >= 4 is 56.3 Å². The number of hydrogen-bond donors (Lipinski definition) is 3. The summed E-state index contributed by atoms with van der Waals surface area (Å²) < 4.78 is 6.73. The third kappa shape index (κ3) is 5.30. The quantitative estimate of drug-likeness (QED) is 0.300. The summed E-state index contributed by atoms with van der Waals surface area (Å²) in [5, 5.41) is 8.93. The van der Waals surface area contributed by atoms with Crippen LogP contribution in [-0.2, 0) is 6.61 Å². The van der Waals surface area contributed by atoms with Gasteiger partial charge in [0.15, 0.2) is 0 Å². The van der Waals surface area contributed by atoms with Gasteiger partial charge in [0.2, 0.25) is 0 Å². The van der Waals surface area contributed by atoms with Gasteiger partial charge in [-0.1, -0.05) is 24.6 Å². The van der Waals surface area contributed by atoms with Crippen LogP contribution in [0.5, 0.6) is 5.75 Å². The fourth-order valence-electron chi connectivity index (χ4n) is 3.36. The van der Waals surface area contributed by atoms with Crippen molar-refractivity contribution in [2.75, 3.05) is 17.6 Å². The van der Waals surface area contributed by atoms with E-state index < -0.39 is 0 Å². The Morgan fingerprint density at radius 2 is 1.94 bits per heavy atom. The van der Waals surface area contributed by atoms with Crippen LogP contribution in [-0.4, -0.2) is 23.3 Å². The molecule has 0 saturated carbocycles. The van der Waals surface area contributed by atoms with Crippen LogP contribution in [0.2, 0.25) is 5.02 Å². The van der Waals surface area contributed by atoms with Gasteiger partial charge in [0.25, 0.3) is 11.8 Å². The summed E-state index contributed by atoms with van der Waals surface area (Å²) in [6.45, 7) is 2.80. The third-order valence-electron chi connectivity index (χ3n) is 5.07. The summed E-state index contributed by atoms with van der Waals surface area (Å²) in [5.74, 6) is 0.447. The van der Waals surface area contributed by atoms with Crippen LogP contribution in [0.4, 0.5) is 11.5 Å². The second-order valence-corrected chi connectivity index (χ2v) is 8.87. The standard InChI is InChI=1S/C25H23ClN4O3S/c1-2-10-28-25(32)20-12-29-23(27)21-16(14-34-22(20)21)13-33-19-5-3-4-15(11-19)24(31)30-18-8-6-17(26)7-9-18/h3-9,11-12,14H,2,10,13H2,1H3,(H2,27,29)(H,28,32)(H,30,31). The summed E-state index contributed by atoms with van der Waals surface area (Å²) in [6.07, 6.45) is 2.35. The van der Waals surface area contributed by atoms with Gasteiger partial charge in [0, 0.05) is 40.0 Å². The molecule has 2 amide bonds. The molecule has 2 aromatic heterocycles. The Morgan fingerprint density at radius 1 is 1.15 bits per heavy atom. The number of aromatic nitrogens is 1. The molecule has 2 heterocycles. The molecule has 7 nitrogen and oxygen atoms in total. The van der Waals surface area contributed by atoms with Crippen molar-refractivity contribution in [2.24, 2.45) is 0 Å². The number of thiophene rings is 1. The normalized spacial score (nSPS) is 10.8. The number of nitrogens with one attached hydrogen (secondary N) is 2. The zero-order chi connectivity index (χ0) is 24.1. The van der Waals surface area contributed by atoms with Gasteiger partial charge in [-0.3, -0.25) is 9.59 Å². The second kappa shape index (κ2) is 10.5. The number of nitrogens with zero attached hydrogens (tertiary/aromatic N) is 1. The molecule has 4 aromatic rings. The Balaban J connectivity index is 1.49. The van der Waals surface area contributed by atoms with Crippen LogP contribution in [0.3, 0.4) is 0 Å². The first-order chi connectivity index (χ1) is 16.5. The SMILES string of the molecule is CCCNC(=O)c1cnc(N)c2c(COc3cccc(C(=O)Nc4ccc(Cl)cc4)c3)csc12. The number of pyridine rings is 1. The molecule has 0 unspecified atom stereocenters. The van der Waals surface area contributed by atoms with Crippen molar-refractivity contribution in [3.63, 3.8) is 0 Å².